The highest BCUT2D eigenvalue weighted by Gasteiger charge is 2.08. The third-order valence-corrected chi connectivity index (χ3v) is 2.60. The number of hydrogen-bond donors (Lipinski definition) is 1. The largest absolute Gasteiger partial charge is 0.399 e. The molecule has 2 aromatic heterocycles. The van der Waals surface area contributed by atoms with Gasteiger partial charge in [0.05, 0.1) is 24.5 Å². The van der Waals surface area contributed by atoms with Gasteiger partial charge >= 0.3 is 0 Å². The third-order valence-electron chi connectivity index (χ3n) is 2.60. The van der Waals surface area contributed by atoms with Crippen molar-refractivity contribution in [2.45, 2.75) is 6.54 Å². The first-order chi connectivity index (χ1) is 8.22. The maximum absolute atomic E-state index is 5.88. The number of rotatable bonds is 2. The highest BCUT2D eigenvalue weighted by Crippen LogP contribution is 2.21. The fraction of sp³-hybridized carbons (Fsp3) is 0.182. The van der Waals surface area contributed by atoms with E-state index < -0.39 is 0 Å². The maximum Gasteiger partial charge on any atom is 0.0976 e. The molecule has 0 aliphatic heterocycles. The molecule has 0 bridgehead atoms. The molecule has 3 rings (SSSR count). The summed E-state index contributed by atoms with van der Waals surface area (Å²) in [5, 5.41) is 13.6. The number of hydrogen-bond acceptors (Lipinski definition) is 4. The minimum absolute atomic E-state index is 0.575. The molecule has 86 valence electrons. The number of aromatic nitrogens is 5. The Kier molecular flexibility index (Phi) is 2.07. The van der Waals surface area contributed by atoms with Crippen LogP contribution in [0.3, 0.4) is 0 Å². The molecule has 2 N–H and O–H groups in total. The van der Waals surface area contributed by atoms with Gasteiger partial charge in [-0.05, 0) is 12.1 Å². The van der Waals surface area contributed by atoms with Crippen LogP contribution in [0, 0.1) is 0 Å². The molecule has 0 aliphatic rings. The van der Waals surface area contributed by atoms with Crippen molar-refractivity contribution in [2.75, 3.05) is 5.73 Å². The topological polar surface area (TPSA) is 74.5 Å². The molecule has 0 saturated heterocycles. The van der Waals surface area contributed by atoms with Crippen molar-refractivity contribution in [2.24, 2.45) is 7.05 Å². The van der Waals surface area contributed by atoms with Gasteiger partial charge in [0.25, 0.3) is 0 Å². The van der Waals surface area contributed by atoms with Gasteiger partial charge in [-0.2, -0.15) is 20.1 Å². The van der Waals surface area contributed by atoms with Gasteiger partial charge in [-0.1, -0.05) is 0 Å². The first kappa shape index (κ1) is 9.83. The predicted octanol–water partition coefficient (Wildman–Crippen LogP) is 0.795. The van der Waals surface area contributed by atoms with Crippen molar-refractivity contribution in [1.29, 1.82) is 0 Å². The van der Waals surface area contributed by atoms with Gasteiger partial charge in [-0.15, -0.1) is 0 Å². The van der Waals surface area contributed by atoms with E-state index in [1.807, 2.05) is 25.4 Å². The van der Waals surface area contributed by atoms with Crippen LogP contribution in [0.5, 0.6) is 0 Å². The Morgan fingerprint density at radius 1 is 1.24 bits per heavy atom. The molecular formula is C11H12N6. The van der Waals surface area contributed by atoms with Crippen molar-refractivity contribution in [1.82, 2.24) is 24.8 Å². The second kappa shape index (κ2) is 3.58. The minimum Gasteiger partial charge on any atom is -0.399 e. The molecule has 0 saturated carbocycles. The zero-order valence-corrected chi connectivity index (χ0v) is 9.41. The van der Waals surface area contributed by atoms with E-state index in [9.17, 15) is 0 Å². The van der Waals surface area contributed by atoms with Crippen LogP contribution in [0.2, 0.25) is 0 Å². The van der Waals surface area contributed by atoms with Gasteiger partial charge in [-0.3, -0.25) is 4.68 Å². The van der Waals surface area contributed by atoms with Gasteiger partial charge in [0.15, 0.2) is 0 Å². The van der Waals surface area contributed by atoms with E-state index >= 15 is 0 Å². The lowest BCUT2D eigenvalue weighted by molar-refractivity contribution is 0.592. The second-order valence-corrected chi connectivity index (χ2v) is 3.98. The van der Waals surface area contributed by atoms with Crippen molar-refractivity contribution >= 4 is 16.6 Å². The fourth-order valence-electron chi connectivity index (χ4n) is 1.95. The molecule has 0 aliphatic carbocycles. The number of nitrogen functional groups attached to an aromatic ring is 1. The fourth-order valence-corrected chi connectivity index (χ4v) is 1.95. The van der Waals surface area contributed by atoms with E-state index in [4.69, 9.17) is 5.73 Å². The molecule has 0 unspecified atom stereocenters. The van der Waals surface area contributed by atoms with Crippen molar-refractivity contribution in [3.63, 3.8) is 0 Å². The molecule has 3 aromatic rings. The number of aryl methyl sites for hydroxylation is 1. The van der Waals surface area contributed by atoms with Crippen LogP contribution in [0.25, 0.3) is 10.9 Å². The Bertz CT molecular complexity index is 652. The Morgan fingerprint density at radius 2 is 2.00 bits per heavy atom. The van der Waals surface area contributed by atoms with Gasteiger partial charge in [0.2, 0.25) is 0 Å². The van der Waals surface area contributed by atoms with Gasteiger partial charge in [-0.25, -0.2) is 0 Å². The van der Waals surface area contributed by atoms with Crippen LogP contribution < -0.4 is 5.73 Å². The smallest absolute Gasteiger partial charge is 0.0976 e. The average molecular weight is 228 g/mol. The van der Waals surface area contributed by atoms with Crippen molar-refractivity contribution in [3.05, 3.63) is 36.3 Å². The first-order valence-corrected chi connectivity index (χ1v) is 5.28. The molecule has 0 spiro atoms. The first-order valence-electron chi connectivity index (χ1n) is 5.28. The molecular weight excluding hydrogens is 216 g/mol. The van der Waals surface area contributed by atoms with Crippen LogP contribution in [0.4, 0.5) is 5.69 Å². The predicted molar refractivity (Wildman–Crippen MR) is 64.3 cm³/mol. The summed E-state index contributed by atoms with van der Waals surface area (Å²) < 4.78 is 1.78. The SMILES string of the molecule is Cn1cc2cc(N)cc(Cn3nccn3)c2n1. The summed E-state index contributed by atoms with van der Waals surface area (Å²) in [5.74, 6) is 0. The van der Waals surface area contributed by atoms with E-state index in [0.717, 1.165) is 22.2 Å². The lowest BCUT2D eigenvalue weighted by atomic mass is 10.1. The summed E-state index contributed by atoms with van der Waals surface area (Å²) in [6.07, 6.45) is 5.26. The highest BCUT2D eigenvalue weighted by atomic mass is 15.5. The highest BCUT2D eigenvalue weighted by molar-refractivity contribution is 5.84. The Labute approximate surface area is 97.6 Å². The van der Waals surface area contributed by atoms with Crippen LogP contribution >= 0.6 is 0 Å². The standard InChI is InChI=1S/C11H12N6/c1-16-6-8-4-10(12)5-9(11(8)15-16)7-17-13-2-3-14-17/h2-6H,7,12H2,1H3. The average Bonchev–Trinajstić information content (AvgIpc) is 2.86. The lowest BCUT2D eigenvalue weighted by Gasteiger charge is -2.03. The van der Waals surface area contributed by atoms with Gasteiger partial charge in [0.1, 0.15) is 0 Å². The van der Waals surface area contributed by atoms with Gasteiger partial charge < -0.3 is 5.73 Å². The van der Waals surface area contributed by atoms with Crippen LogP contribution in [0.1, 0.15) is 5.56 Å². The Balaban J connectivity index is 2.14. The maximum atomic E-state index is 5.88. The third kappa shape index (κ3) is 1.73. The van der Waals surface area contributed by atoms with Crippen LogP contribution in [-0.4, -0.2) is 24.8 Å². The molecule has 17 heavy (non-hydrogen) atoms. The van der Waals surface area contributed by atoms with E-state index in [0.29, 0.717) is 6.54 Å². The summed E-state index contributed by atoms with van der Waals surface area (Å²) in [4.78, 5) is 1.61. The molecule has 6 nitrogen and oxygen atoms in total. The molecule has 0 fully saturated rings. The van der Waals surface area contributed by atoms with E-state index in [1.165, 1.54) is 0 Å². The molecule has 1 aromatic carbocycles. The zero-order valence-electron chi connectivity index (χ0n) is 9.41. The summed E-state index contributed by atoms with van der Waals surface area (Å²) in [7, 11) is 1.89. The molecule has 0 radical (unpaired) electrons. The molecule has 2 heterocycles. The summed E-state index contributed by atoms with van der Waals surface area (Å²) in [5.41, 5.74) is 8.57. The Morgan fingerprint density at radius 3 is 2.76 bits per heavy atom. The number of anilines is 1. The monoisotopic (exact) mass is 228 g/mol. The normalized spacial score (nSPS) is 11.1. The van der Waals surface area contributed by atoms with Crippen LogP contribution in [0.15, 0.2) is 30.7 Å². The lowest BCUT2D eigenvalue weighted by Crippen LogP contribution is -2.04. The Hall–Kier alpha value is -2.37. The molecule has 0 amide bonds. The molecule has 6 heteroatoms. The molecule has 0 atom stereocenters. The minimum atomic E-state index is 0.575. The summed E-state index contributed by atoms with van der Waals surface area (Å²) in [6, 6.07) is 3.83. The number of benzene rings is 1. The summed E-state index contributed by atoms with van der Waals surface area (Å²) in [6.45, 7) is 0.575. The van der Waals surface area contributed by atoms with E-state index in [-0.39, 0.29) is 0 Å². The van der Waals surface area contributed by atoms with Gasteiger partial charge in [0, 0.05) is 29.9 Å². The number of nitrogens with two attached hydrogens (primary N) is 1. The van der Waals surface area contributed by atoms with E-state index in [2.05, 4.69) is 15.3 Å². The quantitative estimate of drug-likeness (QED) is 0.658. The number of nitrogens with zero attached hydrogens (tertiary/aromatic N) is 5. The second-order valence-electron chi connectivity index (χ2n) is 3.98. The zero-order chi connectivity index (χ0) is 11.8. The summed E-state index contributed by atoms with van der Waals surface area (Å²) >= 11 is 0. The van der Waals surface area contributed by atoms with Crippen molar-refractivity contribution in [3.8, 4) is 0 Å². The number of fused-ring (bicyclic) bond motifs is 1. The van der Waals surface area contributed by atoms with E-state index in [1.54, 1.807) is 21.9 Å². The van der Waals surface area contributed by atoms with Crippen molar-refractivity contribution < 1.29 is 0 Å². The van der Waals surface area contributed by atoms with Crippen LogP contribution in [-0.2, 0) is 13.6 Å².